The number of nitrogens with one attached hydrogen (secondary N) is 3. The number of hydrogen-bond donors (Lipinski definition) is 3. The quantitative estimate of drug-likeness (QED) is 0.718. The second-order valence-corrected chi connectivity index (χ2v) is 5.10. The number of carbonyl (C=O) groups excluding carboxylic acids is 1. The van der Waals surface area contributed by atoms with Crippen LogP contribution in [0.2, 0.25) is 0 Å². The molecular weight excluding hydrogens is 226 g/mol. The van der Waals surface area contributed by atoms with E-state index in [0.29, 0.717) is 12.5 Å². The van der Waals surface area contributed by atoms with Crippen molar-refractivity contribution in [3.63, 3.8) is 0 Å². The molecular formula is C14H19N3O. The lowest BCUT2D eigenvalue weighted by molar-refractivity contribution is -0.116. The normalized spacial score (nSPS) is 23.3. The summed E-state index contributed by atoms with van der Waals surface area (Å²) in [7, 11) is 0. The lowest BCUT2D eigenvalue weighted by Gasteiger charge is -2.25. The number of amides is 1. The summed E-state index contributed by atoms with van der Waals surface area (Å²) in [6.45, 7) is 3.15. The van der Waals surface area contributed by atoms with E-state index in [0.717, 1.165) is 38.2 Å². The van der Waals surface area contributed by atoms with Crippen molar-refractivity contribution >= 4 is 11.6 Å². The van der Waals surface area contributed by atoms with E-state index in [1.165, 1.54) is 11.1 Å². The van der Waals surface area contributed by atoms with E-state index in [1.807, 2.05) is 6.07 Å². The Morgan fingerprint density at radius 2 is 2.17 bits per heavy atom. The van der Waals surface area contributed by atoms with E-state index >= 15 is 0 Å². The number of hydrogen-bond acceptors (Lipinski definition) is 3. The third kappa shape index (κ3) is 2.54. The van der Waals surface area contributed by atoms with Gasteiger partial charge < -0.3 is 16.0 Å². The first-order chi connectivity index (χ1) is 8.81. The van der Waals surface area contributed by atoms with E-state index in [-0.39, 0.29) is 5.91 Å². The number of rotatable bonds is 2. The predicted molar refractivity (Wildman–Crippen MR) is 71.8 cm³/mol. The van der Waals surface area contributed by atoms with Gasteiger partial charge in [-0.2, -0.15) is 0 Å². The fourth-order valence-electron chi connectivity index (χ4n) is 2.71. The van der Waals surface area contributed by atoms with Gasteiger partial charge in [-0.3, -0.25) is 4.79 Å². The predicted octanol–water partition coefficient (Wildman–Crippen LogP) is 0.675. The van der Waals surface area contributed by atoms with Crippen LogP contribution < -0.4 is 16.0 Å². The number of benzene rings is 1. The molecule has 3 N–H and O–H groups in total. The maximum absolute atomic E-state index is 11.3. The van der Waals surface area contributed by atoms with E-state index < -0.39 is 0 Å². The van der Waals surface area contributed by atoms with E-state index in [9.17, 15) is 4.79 Å². The topological polar surface area (TPSA) is 53.2 Å². The van der Waals surface area contributed by atoms with Crippen molar-refractivity contribution in [3.05, 3.63) is 29.3 Å². The van der Waals surface area contributed by atoms with Crippen LogP contribution in [0.5, 0.6) is 0 Å². The zero-order valence-electron chi connectivity index (χ0n) is 10.5. The van der Waals surface area contributed by atoms with E-state index in [2.05, 4.69) is 28.1 Å². The fraction of sp³-hybridized carbons (Fsp3) is 0.500. The molecule has 1 aromatic rings. The highest BCUT2D eigenvalue weighted by Crippen LogP contribution is 2.24. The molecule has 0 saturated carbocycles. The Labute approximate surface area is 107 Å². The summed E-state index contributed by atoms with van der Waals surface area (Å²) in [5.74, 6) is 0.133. The highest BCUT2D eigenvalue weighted by Gasteiger charge is 2.17. The maximum atomic E-state index is 11.3. The van der Waals surface area contributed by atoms with Gasteiger partial charge in [0.2, 0.25) is 5.91 Å². The number of aryl methyl sites for hydroxylation is 1. The first-order valence-corrected chi connectivity index (χ1v) is 6.67. The van der Waals surface area contributed by atoms with Crippen molar-refractivity contribution in [2.75, 3.05) is 25.0 Å². The van der Waals surface area contributed by atoms with Gasteiger partial charge in [0.25, 0.3) is 0 Å². The van der Waals surface area contributed by atoms with Gasteiger partial charge >= 0.3 is 0 Å². The smallest absolute Gasteiger partial charge is 0.224 e. The summed E-state index contributed by atoms with van der Waals surface area (Å²) in [6, 6.07) is 6.93. The number of fused-ring (bicyclic) bond motifs is 1. The molecule has 96 valence electrons. The van der Waals surface area contributed by atoms with Gasteiger partial charge in [-0.1, -0.05) is 12.1 Å². The summed E-state index contributed by atoms with van der Waals surface area (Å²) >= 11 is 0. The van der Waals surface area contributed by atoms with Gasteiger partial charge in [-0.05, 0) is 30.0 Å². The molecule has 1 fully saturated rings. The molecule has 1 amide bonds. The van der Waals surface area contributed by atoms with Crippen molar-refractivity contribution < 1.29 is 4.79 Å². The maximum Gasteiger partial charge on any atom is 0.224 e. The monoisotopic (exact) mass is 245 g/mol. The Kier molecular flexibility index (Phi) is 3.30. The molecule has 4 heteroatoms. The highest BCUT2D eigenvalue weighted by molar-refractivity contribution is 5.93. The highest BCUT2D eigenvalue weighted by atomic mass is 16.1. The molecule has 1 aromatic carbocycles. The molecule has 2 aliphatic rings. The Balaban J connectivity index is 1.71. The molecule has 0 radical (unpaired) electrons. The van der Waals surface area contributed by atoms with Crippen LogP contribution in [0.15, 0.2) is 18.2 Å². The van der Waals surface area contributed by atoms with Crippen molar-refractivity contribution in [1.29, 1.82) is 0 Å². The van der Waals surface area contributed by atoms with Gasteiger partial charge in [0.05, 0.1) is 0 Å². The molecule has 2 aliphatic heterocycles. The van der Waals surface area contributed by atoms with Crippen LogP contribution in [-0.2, 0) is 17.6 Å². The number of anilines is 1. The number of carbonyl (C=O) groups is 1. The Bertz CT molecular complexity index is 452. The lowest BCUT2D eigenvalue weighted by atomic mass is 9.97. The zero-order chi connectivity index (χ0) is 12.4. The van der Waals surface area contributed by atoms with Crippen molar-refractivity contribution in [2.24, 2.45) is 0 Å². The number of piperazine rings is 1. The van der Waals surface area contributed by atoms with Gasteiger partial charge in [0, 0.05) is 37.8 Å². The molecule has 18 heavy (non-hydrogen) atoms. The molecule has 0 bridgehead atoms. The lowest BCUT2D eigenvalue weighted by Crippen LogP contribution is -2.49. The molecule has 1 unspecified atom stereocenters. The van der Waals surface area contributed by atoms with Crippen LogP contribution >= 0.6 is 0 Å². The largest absolute Gasteiger partial charge is 0.326 e. The first kappa shape index (κ1) is 11.7. The van der Waals surface area contributed by atoms with Gasteiger partial charge in [-0.15, -0.1) is 0 Å². The third-order valence-corrected chi connectivity index (χ3v) is 3.67. The molecule has 1 saturated heterocycles. The minimum absolute atomic E-state index is 0.133. The Morgan fingerprint density at radius 3 is 3.00 bits per heavy atom. The Morgan fingerprint density at radius 1 is 1.22 bits per heavy atom. The van der Waals surface area contributed by atoms with Crippen LogP contribution in [-0.4, -0.2) is 31.6 Å². The van der Waals surface area contributed by atoms with Crippen LogP contribution in [0.1, 0.15) is 17.5 Å². The average Bonchev–Trinajstić information content (AvgIpc) is 2.40. The Hall–Kier alpha value is -1.39. The second kappa shape index (κ2) is 5.08. The minimum atomic E-state index is 0.133. The summed E-state index contributed by atoms with van der Waals surface area (Å²) in [5.41, 5.74) is 3.62. The standard InChI is InChI=1S/C14H19N3O/c18-14-4-2-11-7-10(1-3-13(11)17-14)8-12-9-15-5-6-16-12/h1,3,7,12,15-16H,2,4-6,8-9H2,(H,17,18). The SMILES string of the molecule is O=C1CCc2cc(CC3CNCCN3)ccc2N1. The molecule has 0 spiro atoms. The molecule has 2 heterocycles. The first-order valence-electron chi connectivity index (χ1n) is 6.67. The molecule has 3 rings (SSSR count). The molecule has 0 aromatic heterocycles. The average molecular weight is 245 g/mol. The minimum Gasteiger partial charge on any atom is -0.326 e. The van der Waals surface area contributed by atoms with Crippen molar-refractivity contribution in [1.82, 2.24) is 10.6 Å². The van der Waals surface area contributed by atoms with Crippen LogP contribution in [0.25, 0.3) is 0 Å². The van der Waals surface area contributed by atoms with Crippen LogP contribution in [0.3, 0.4) is 0 Å². The van der Waals surface area contributed by atoms with E-state index in [4.69, 9.17) is 0 Å². The fourth-order valence-corrected chi connectivity index (χ4v) is 2.71. The third-order valence-electron chi connectivity index (χ3n) is 3.67. The van der Waals surface area contributed by atoms with Crippen molar-refractivity contribution in [3.8, 4) is 0 Å². The summed E-state index contributed by atoms with van der Waals surface area (Å²) in [5, 5.41) is 9.85. The summed E-state index contributed by atoms with van der Waals surface area (Å²) in [6.07, 6.45) is 2.53. The van der Waals surface area contributed by atoms with E-state index in [1.54, 1.807) is 0 Å². The molecule has 4 nitrogen and oxygen atoms in total. The van der Waals surface area contributed by atoms with Crippen LogP contribution in [0.4, 0.5) is 5.69 Å². The van der Waals surface area contributed by atoms with Crippen LogP contribution in [0, 0.1) is 0 Å². The molecule has 1 atom stereocenters. The van der Waals surface area contributed by atoms with Crippen molar-refractivity contribution in [2.45, 2.75) is 25.3 Å². The second-order valence-electron chi connectivity index (χ2n) is 5.10. The van der Waals surface area contributed by atoms with Gasteiger partial charge in [0.15, 0.2) is 0 Å². The van der Waals surface area contributed by atoms with Gasteiger partial charge in [-0.25, -0.2) is 0 Å². The van der Waals surface area contributed by atoms with Gasteiger partial charge in [0.1, 0.15) is 0 Å². The summed E-state index contributed by atoms with van der Waals surface area (Å²) in [4.78, 5) is 11.3. The zero-order valence-corrected chi connectivity index (χ0v) is 10.5. The summed E-state index contributed by atoms with van der Waals surface area (Å²) < 4.78 is 0. The molecule has 0 aliphatic carbocycles.